The van der Waals surface area contributed by atoms with Crippen molar-refractivity contribution in [3.63, 3.8) is 0 Å². The van der Waals surface area contributed by atoms with Crippen molar-refractivity contribution < 1.29 is 0 Å². The summed E-state index contributed by atoms with van der Waals surface area (Å²) in [4.78, 5) is 7.59. The first-order valence-electron chi connectivity index (χ1n) is 7.75. The summed E-state index contributed by atoms with van der Waals surface area (Å²) in [7, 11) is 0. The largest absolute Gasteiger partial charge is 0.309 e. The predicted molar refractivity (Wildman–Crippen MR) is 93.2 cm³/mol. The molecule has 1 saturated carbocycles. The number of thioether (sulfide) groups is 1. The van der Waals surface area contributed by atoms with Gasteiger partial charge in [-0.3, -0.25) is 0 Å². The van der Waals surface area contributed by atoms with Gasteiger partial charge in [-0.05, 0) is 37.1 Å². The second kappa shape index (κ2) is 6.95. The molecule has 0 atom stereocenters. The Labute approximate surface area is 135 Å². The molecular formula is C17H22N2S2. The van der Waals surface area contributed by atoms with E-state index in [4.69, 9.17) is 4.98 Å². The molecule has 3 rings (SSSR count). The Morgan fingerprint density at radius 1 is 1.24 bits per heavy atom. The average Bonchev–Trinajstić information content (AvgIpc) is 3.25. The number of rotatable bonds is 7. The molecule has 4 heteroatoms. The van der Waals surface area contributed by atoms with Crippen LogP contribution in [0.3, 0.4) is 0 Å². The van der Waals surface area contributed by atoms with Crippen molar-refractivity contribution in [1.82, 2.24) is 10.3 Å². The first-order valence-corrected chi connectivity index (χ1v) is 9.55. The van der Waals surface area contributed by atoms with Gasteiger partial charge in [-0.25, -0.2) is 4.98 Å². The molecule has 0 radical (unpaired) electrons. The smallest absolute Gasteiger partial charge is 0.123 e. The molecule has 112 valence electrons. The summed E-state index contributed by atoms with van der Waals surface area (Å²) >= 11 is 3.73. The zero-order chi connectivity index (χ0) is 14.7. The van der Waals surface area contributed by atoms with Gasteiger partial charge in [0.1, 0.15) is 5.01 Å². The number of nitrogens with zero attached hydrogens (tertiary/aromatic N) is 1. The van der Waals surface area contributed by atoms with Crippen LogP contribution in [0.4, 0.5) is 0 Å². The Kier molecular flexibility index (Phi) is 4.99. The van der Waals surface area contributed by atoms with E-state index in [2.05, 4.69) is 43.4 Å². The van der Waals surface area contributed by atoms with Crippen molar-refractivity contribution in [3.05, 3.63) is 34.8 Å². The lowest BCUT2D eigenvalue weighted by atomic mass is 10.2. The number of hydrogen-bond donors (Lipinski definition) is 1. The zero-order valence-corrected chi connectivity index (χ0v) is 14.3. The van der Waals surface area contributed by atoms with Gasteiger partial charge in [0.2, 0.25) is 0 Å². The van der Waals surface area contributed by atoms with Crippen molar-refractivity contribution >= 4 is 23.1 Å². The number of benzene rings is 1. The van der Waals surface area contributed by atoms with Crippen LogP contribution in [0.15, 0.2) is 29.2 Å². The van der Waals surface area contributed by atoms with Crippen LogP contribution in [-0.4, -0.2) is 16.8 Å². The third-order valence-corrected chi connectivity index (χ3v) is 5.69. The fourth-order valence-corrected chi connectivity index (χ4v) is 4.07. The monoisotopic (exact) mass is 318 g/mol. The summed E-state index contributed by atoms with van der Waals surface area (Å²) in [5.74, 6) is 1.12. The zero-order valence-electron chi connectivity index (χ0n) is 12.7. The highest BCUT2D eigenvalue weighted by Crippen LogP contribution is 2.31. The molecule has 0 aliphatic heterocycles. The van der Waals surface area contributed by atoms with Crippen molar-refractivity contribution in [2.24, 2.45) is 0 Å². The maximum Gasteiger partial charge on any atom is 0.123 e. The quantitative estimate of drug-likeness (QED) is 0.747. The Morgan fingerprint density at radius 3 is 2.62 bits per heavy atom. The Balaban J connectivity index is 1.76. The van der Waals surface area contributed by atoms with Gasteiger partial charge >= 0.3 is 0 Å². The molecule has 2 aromatic rings. The van der Waals surface area contributed by atoms with Crippen molar-refractivity contribution in [2.75, 3.05) is 5.75 Å². The molecule has 1 aromatic heterocycles. The van der Waals surface area contributed by atoms with Crippen LogP contribution in [0.5, 0.6) is 0 Å². The maximum absolute atomic E-state index is 4.84. The van der Waals surface area contributed by atoms with Gasteiger partial charge in [-0.2, -0.15) is 0 Å². The van der Waals surface area contributed by atoms with E-state index >= 15 is 0 Å². The number of hydrogen-bond acceptors (Lipinski definition) is 4. The van der Waals surface area contributed by atoms with Gasteiger partial charge in [0.05, 0.1) is 5.69 Å². The van der Waals surface area contributed by atoms with Crippen LogP contribution in [0, 0.1) is 0 Å². The van der Waals surface area contributed by atoms with Gasteiger partial charge < -0.3 is 5.32 Å². The molecule has 1 fully saturated rings. The maximum atomic E-state index is 4.84. The van der Waals surface area contributed by atoms with E-state index in [0.29, 0.717) is 0 Å². The molecule has 2 nitrogen and oxygen atoms in total. The Morgan fingerprint density at radius 2 is 2.00 bits per heavy atom. The van der Waals surface area contributed by atoms with E-state index in [1.807, 2.05) is 23.1 Å². The lowest BCUT2D eigenvalue weighted by Crippen LogP contribution is -2.15. The third-order valence-electron chi connectivity index (χ3n) is 3.65. The molecule has 0 bridgehead atoms. The molecule has 21 heavy (non-hydrogen) atoms. The van der Waals surface area contributed by atoms with E-state index in [-0.39, 0.29) is 0 Å². The number of aromatic nitrogens is 1. The van der Waals surface area contributed by atoms with Gasteiger partial charge in [0.15, 0.2) is 0 Å². The molecule has 0 unspecified atom stereocenters. The highest BCUT2D eigenvalue weighted by molar-refractivity contribution is 7.99. The van der Waals surface area contributed by atoms with Crippen LogP contribution in [0.2, 0.25) is 0 Å². The van der Waals surface area contributed by atoms with Crippen LogP contribution >= 0.6 is 23.1 Å². The Bertz CT molecular complexity index is 585. The highest BCUT2D eigenvalue weighted by atomic mass is 32.2. The molecule has 0 amide bonds. The van der Waals surface area contributed by atoms with Gasteiger partial charge in [0, 0.05) is 27.9 Å². The van der Waals surface area contributed by atoms with Gasteiger partial charge in [0.25, 0.3) is 0 Å². The molecule has 0 saturated heterocycles. The number of aryl methyl sites for hydroxylation is 1. The lowest BCUT2D eigenvalue weighted by molar-refractivity contribution is 0.689. The first-order chi connectivity index (χ1) is 10.3. The van der Waals surface area contributed by atoms with Crippen molar-refractivity contribution in [1.29, 1.82) is 0 Å². The summed E-state index contributed by atoms with van der Waals surface area (Å²) in [5.41, 5.74) is 2.50. The van der Waals surface area contributed by atoms with E-state index in [1.165, 1.54) is 33.9 Å². The Hall–Kier alpha value is -0.840. The van der Waals surface area contributed by atoms with E-state index in [1.54, 1.807) is 0 Å². The van der Waals surface area contributed by atoms with E-state index in [0.717, 1.165) is 29.8 Å². The van der Waals surface area contributed by atoms with Crippen LogP contribution in [0.25, 0.3) is 10.6 Å². The van der Waals surface area contributed by atoms with E-state index in [9.17, 15) is 0 Å². The SMILES string of the molecule is CCSc1ccc(-c2nc(CC)c(CNC3CC3)s2)cc1. The fourth-order valence-electron chi connectivity index (χ4n) is 2.31. The van der Waals surface area contributed by atoms with Crippen molar-refractivity contribution in [3.8, 4) is 10.6 Å². The second-order valence-corrected chi connectivity index (χ2v) is 7.78. The van der Waals surface area contributed by atoms with Gasteiger partial charge in [-0.1, -0.05) is 26.0 Å². The number of nitrogens with one attached hydrogen (secondary N) is 1. The summed E-state index contributed by atoms with van der Waals surface area (Å²) < 4.78 is 0. The summed E-state index contributed by atoms with van der Waals surface area (Å²) in [6.45, 7) is 5.36. The number of thiazole rings is 1. The predicted octanol–water partition coefficient (Wildman–Crippen LogP) is 4.74. The highest BCUT2D eigenvalue weighted by Gasteiger charge is 2.21. The van der Waals surface area contributed by atoms with Gasteiger partial charge in [-0.15, -0.1) is 23.1 Å². The second-order valence-electron chi connectivity index (χ2n) is 5.36. The average molecular weight is 319 g/mol. The summed E-state index contributed by atoms with van der Waals surface area (Å²) in [6.07, 6.45) is 3.69. The molecule has 0 spiro atoms. The minimum absolute atomic E-state index is 0.755. The minimum Gasteiger partial charge on any atom is -0.309 e. The molecule has 1 N–H and O–H groups in total. The molecule has 1 aliphatic carbocycles. The van der Waals surface area contributed by atoms with Crippen LogP contribution in [0.1, 0.15) is 37.3 Å². The summed E-state index contributed by atoms with van der Waals surface area (Å²) in [5, 5.41) is 4.77. The molecule has 1 heterocycles. The lowest BCUT2D eigenvalue weighted by Gasteiger charge is -2.01. The first kappa shape index (κ1) is 15.1. The van der Waals surface area contributed by atoms with Crippen molar-refractivity contribution in [2.45, 2.75) is 50.6 Å². The standard InChI is InChI=1S/C17H22N2S2/c1-3-15-16(11-18-13-7-8-13)21-17(19-15)12-5-9-14(10-6-12)20-4-2/h5-6,9-10,13,18H,3-4,7-8,11H2,1-2H3. The van der Waals surface area contributed by atoms with Crippen LogP contribution < -0.4 is 5.32 Å². The molecule has 1 aromatic carbocycles. The fraction of sp³-hybridized carbons (Fsp3) is 0.471. The molecular weight excluding hydrogens is 296 g/mol. The third kappa shape index (κ3) is 3.87. The van der Waals surface area contributed by atoms with E-state index < -0.39 is 0 Å². The molecule has 1 aliphatic rings. The normalized spacial score (nSPS) is 14.6. The minimum atomic E-state index is 0.755. The van der Waals surface area contributed by atoms with Crippen LogP contribution in [-0.2, 0) is 13.0 Å². The summed E-state index contributed by atoms with van der Waals surface area (Å²) in [6, 6.07) is 9.57. The topological polar surface area (TPSA) is 24.9 Å².